The number of halogens is 1. The van der Waals surface area contributed by atoms with E-state index in [-0.39, 0.29) is 17.2 Å². The van der Waals surface area contributed by atoms with Gasteiger partial charge in [-0.05, 0) is 37.3 Å². The van der Waals surface area contributed by atoms with Gasteiger partial charge in [0.2, 0.25) is 11.7 Å². The zero-order chi connectivity index (χ0) is 20.8. The van der Waals surface area contributed by atoms with Gasteiger partial charge in [-0.3, -0.25) is 19.7 Å². The molecule has 2 aromatic rings. The summed E-state index contributed by atoms with van der Waals surface area (Å²) >= 11 is 0. The first-order valence-corrected chi connectivity index (χ1v) is 8.01. The number of carbonyl (C=O) groups excluding carboxylic acids is 3. The Hall–Kier alpha value is -3.82. The molecule has 0 bridgehead atoms. The van der Waals surface area contributed by atoms with E-state index in [2.05, 4.69) is 10.6 Å². The van der Waals surface area contributed by atoms with E-state index in [1.807, 2.05) is 0 Å². The number of hydrogen-bond acceptors (Lipinski definition) is 6. The minimum absolute atomic E-state index is 0.0198. The second-order valence-electron chi connectivity index (χ2n) is 5.72. The number of nitrogens with zero attached hydrogens (tertiary/aromatic N) is 1. The van der Waals surface area contributed by atoms with E-state index in [4.69, 9.17) is 4.74 Å². The topological polar surface area (TPSA) is 128 Å². The molecule has 0 unspecified atom stereocenters. The standard InChI is InChI=1S/C18H16FN3O6/c1-10(17(24)21-14-6-7-15(19)16(9-14)22(26)27)28-18(25)12-4-3-5-13(8-12)20-11(2)23/h3-10H,1-2H3,(H,20,23)(H,21,24)/t10-/m1/s1. The summed E-state index contributed by atoms with van der Waals surface area (Å²) in [4.78, 5) is 45.2. The summed E-state index contributed by atoms with van der Waals surface area (Å²) in [5.41, 5.74) is -0.313. The number of esters is 1. The molecule has 9 nitrogen and oxygen atoms in total. The first-order chi connectivity index (χ1) is 13.2. The van der Waals surface area contributed by atoms with E-state index in [1.54, 1.807) is 6.07 Å². The van der Waals surface area contributed by atoms with Crippen LogP contribution >= 0.6 is 0 Å². The molecular formula is C18H16FN3O6. The van der Waals surface area contributed by atoms with E-state index >= 15 is 0 Å². The van der Waals surface area contributed by atoms with Crippen LogP contribution in [0.5, 0.6) is 0 Å². The molecule has 0 heterocycles. The predicted molar refractivity (Wildman–Crippen MR) is 97.3 cm³/mol. The van der Waals surface area contributed by atoms with E-state index in [9.17, 15) is 28.9 Å². The number of ether oxygens (including phenoxy) is 1. The van der Waals surface area contributed by atoms with Crippen molar-refractivity contribution >= 4 is 34.8 Å². The van der Waals surface area contributed by atoms with Gasteiger partial charge in [0, 0.05) is 24.4 Å². The summed E-state index contributed by atoms with van der Waals surface area (Å²) in [6.45, 7) is 2.63. The average Bonchev–Trinajstić information content (AvgIpc) is 2.62. The van der Waals surface area contributed by atoms with E-state index < -0.39 is 34.4 Å². The summed E-state index contributed by atoms with van der Waals surface area (Å²) in [6, 6.07) is 8.79. The van der Waals surface area contributed by atoms with Gasteiger partial charge in [0.15, 0.2) is 6.10 Å². The van der Waals surface area contributed by atoms with Crippen LogP contribution in [0.15, 0.2) is 42.5 Å². The van der Waals surface area contributed by atoms with Crippen LogP contribution in [0.2, 0.25) is 0 Å². The van der Waals surface area contributed by atoms with Crippen molar-refractivity contribution in [2.75, 3.05) is 10.6 Å². The van der Waals surface area contributed by atoms with Crippen molar-refractivity contribution in [1.29, 1.82) is 0 Å². The van der Waals surface area contributed by atoms with Crippen molar-refractivity contribution in [3.63, 3.8) is 0 Å². The van der Waals surface area contributed by atoms with E-state index in [1.165, 1.54) is 32.0 Å². The van der Waals surface area contributed by atoms with Crippen molar-refractivity contribution < 1.29 is 28.4 Å². The van der Waals surface area contributed by atoms with Gasteiger partial charge in [0.05, 0.1) is 10.5 Å². The van der Waals surface area contributed by atoms with Gasteiger partial charge in [0.1, 0.15) is 0 Å². The Morgan fingerprint density at radius 2 is 1.79 bits per heavy atom. The Kier molecular flexibility index (Phi) is 6.38. The van der Waals surface area contributed by atoms with Gasteiger partial charge in [-0.2, -0.15) is 4.39 Å². The van der Waals surface area contributed by atoms with Gasteiger partial charge in [-0.15, -0.1) is 0 Å². The normalized spacial score (nSPS) is 11.2. The second-order valence-corrected chi connectivity index (χ2v) is 5.72. The van der Waals surface area contributed by atoms with Crippen LogP contribution in [0.4, 0.5) is 21.5 Å². The van der Waals surface area contributed by atoms with Gasteiger partial charge in [-0.1, -0.05) is 6.07 Å². The SMILES string of the molecule is CC(=O)Nc1cccc(C(=O)O[C@H](C)C(=O)Nc2ccc(F)c([N+](=O)[O-])c2)c1. The molecule has 10 heteroatoms. The van der Waals surface area contributed by atoms with Crippen LogP contribution in [-0.4, -0.2) is 28.8 Å². The van der Waals surface area contributed by atoms with Crippen LogP contribution in [0.25, 0.3) is 0 Å². The molecule has 2 amide bonds. The summed E-state index contributed by atoms with van der Waals surface area (Å²) < 4.78 is 18.4. The highest BCUT2D eigenvalue weighted by Gasteiger charge is 2.21. The predicted octanol–water partition coefficient (Wildman–Crippen LogP) is 2.88. The number of benzene rings is 2. The highest BCUT2D eigenvalue weighted by atomic mass is 19.1. The fourth-order valence-electron chi connectivity index (χ4n) is 2.18. The maximum absolute atomic E-state index is 13.3. The summed E-state index contributed by atoms with van der Waals surface area (Å²) in [5, 5.41) is 15.6. The number of carbonyl (C=O) groups is 3. The number of rotatable bonds is 6. The fourth-order valence-corrected chi connectivity index (χ4v) is 2.18. The first kappa shape index (κ1) is 20.5. The lowest BCUT2D eigenvalue weighted by molar-refractivity contribution is -0.387. The Morgan fingerprint density at radius 1 is 1.11 bits per heavy atom. The average molecular weight is 389 g/mol. The van der Waals surface area contributed by atoms with Gasteiger partial charge in [-0.25, -0.2) is 4.79 Å². The number of nitro benzene ring substituents is 1. The quantitative estimate of drug-likeness (QED) is 0.444. The molecule has 0 aliphatic heterocycles. The third-order valence-corrected chi connectivity index (χ3v) is 3.48. The van der Waals surface area contributed by atoms with Crippen LogP contribution < -0.4 is 10.6 Å². The molecule has 0 saturated heterocycles. The van der Waals surface area contributed by atoms with Gasteiger partial charge < -0.3 is 15.4 Å². The molecule has 0 aliphatic carbocycles. The van der Waals surface area contributed by atoms with E-state index in [0.717, 1.165) is 18.2 Å². The molecule has 2 aromatic carbocycles. The summed E-state index contributed by atoms with van der Waals surface area (Å²) in [7, 11) is 0. The minimum atomic E-state index is -1.24. The molecule has 0 radical (unpaired) electrons. The van der Waals surface area contributed by atoms with Crippen molar-refractivity contribution in [2.24, 2.45) is 0 Å². The monoisotopic (exact) mass is 389 g/mol. The fraction of sp³-hybridized carbons (Fsp3) is 0.167. The Balaban J connectivity index is 2.04. The third-order valence-electron chi connectivity index (χ3n) is 3.48. The molecule has 28 heavy (non-hydrogen) atoms. The number of nitro groups is 1. The highest BCUT2D eigenvalue weighted by Crippen LogP contribution is 2.22. The zero-order valence-corrected chi connectivity index (χ0v) is 14.9. The minimum Gasteiger partial charge on any atom is -0.449 e. The largest absolute Gasteiger partial charge is 0.449 e. The molecule has 0 fully saturated rings. The Bertz CT molecular complexity index is 947. The van der Waals surface area contributed by atoms with Gasteiger partial charge >= 0.3 is 11.7 Å². The zero-order valence-electron chi connectivity index (χ0n) is 14.9. The molecule has 1 atom stereocenters. The molecule has 0 aromatic heterocycles. The van der Waals surface area contributed by atoms with Crippen LogP contribution in [-0.2, 0) is 14.3 Å². The summed E-state index contributed by atoms with van der Waals surface area (Å²) in [6.07, 6.45) is -1.24. The number of anilines is 2. The highest BCUT2D eigenvalue weighted by molar-refractivity contribution is 5.98. The van der Waals surface area contributed by atoms with Crippen LogP contribution in [0.1, 0.15) is 24.2 Å². The Labute approximate surface area is 158 Å². The molecule has 0 aliphatic rings. The molecular weight excluding hydrogens is 373 g/mol. The number of hydrogen-bond donors (Lipinski definition) is 2. The first-order valence-electron chi connectivity index (χ1n) is 8.01. The number of amides is 2. The molecule has 0 spiro atoms. The van der Waals surface area contributed by atoms with Crippen molar-refractivity contribution in [1.82, 2.24) is 0 Å². The lowest BCUT2D eigenvalue weighted by Gasteiger charge is -2.14. The van der Waals surface area contributed by atoms with Crippen molar-refractivity contribution in [3.8, 4) is 0 Å². The molecule has 2 rings (SSSR count). The van der Waals surface area contributed by atoms with Crippen LogP contribution in [0.3, 0.4) is 0 Å². The molecule has 2 N–H and O–H groups in total. The lowest BCUT2D eigenvalue weighted by Crippen LogP contribution is -2.30. The smallest absolute Gasteiger partial charge is 0.338 e. The lowest BCUT2D eigenvalue weighted by atomic mass is 10.2. The van der Waals surface area contributed by atoms with E-state index in [0.29, 0.717) is 5.69 Å². The molecule has 146 valence electrons. The van der Waals surface area contributed by atoms with Gasteiger partial charge in [0.25, 0.3) is 5.91 Å². The Morgan fingerprint density at radius 3 is 2.43 bits per heavy atom. The molecule has 0 saturated carbocycles. The van der Waals surface area contributed by atoms with Crippen molar-refractivity contribution in [2.45, 2.75) is 20.0 Å². The van der Waals surface area contributed by atoms with Crippen LogP contribution in [0, 0.1) is 15.9 Å². The summed E-state index contributed by atoms with van der Waals surface area (Å²) in [5.74, 6) is -2.92. The number of nitrogens with one attached hydrogen (secondary N) is 2. The second kappa shape index (κ2) is 8.71. The maximum Gasteiger partial charge on any atom is 0.338 e. The van der Waals surface area contributed by atoms with Crippen molar-refractivity contribution in [3.05, 3.63) is 64.0 Å². The third kappa shape index (κ3) is 5.34. The maximum atomic E-state index is 13.3.